The lowest BCUT2D eigenvalue weighted by Crippen LogP contribution is -2.00. The molecule has 70 valence electrons. The Hall–Kier alpha value is -1.05. The van der Waals surface area contributed by atoms with Gasteiger partial charge >= 0.3 is 25.8 Å². The maximum absolute atomic E-state index is 12.5. The van der Waals surface area contributed by atoms with Gasteiger partial charge in [-0.3, -0.25) is 0 Å². The van der Waals surface area contributed by atoms with Crippen LogP contribution in [0.2, 0.25) is 0 Å². The van der Waals surface area contributed by atoms with E-state index in [1.54, 1.807) is 0 Å². The minimum absolute atomic E-state index is 0.293. The summed E-state index contributed by atoms with van der Waals surface area (Å²) in [6.07, 6.45) is 0. The Balaban J connectivity index is 3.44. The quantitative estimate of drug-likeness (QED) is 0.846. The summed E-state index contributed by atoms with van der Waals surface area (Å²) in [6.45, 7) is 0. The molecule has 6 heteroatoms. The van der Waals surface area contributed by atoms with Crippen molar-refractivity contribution in [3.8, 4) is 0 Å². The van der Waals surface area contributed by atoms with Crippen molar-refractivity contribution in [2.45, 2.75) is 0 Å². The third-order valence-electron chi connectivity index (χ3n) is 1.33. The molecule has 1 rings (SSSR count). The second-order valence-electron chi connectivity index (χ2n) is 2.15. The van der Waals surface area contributed by atoms with Crippen LogP contribution in [0.4, 0.5) is 4.39 Å². The normalized spacial score (nSPS) is 10.3. The molecule has 0 bridgehead atoms. The van der Waals surface area contributed by atoms with E-state index < -0.39 is 37.1 Å². The predicted octanol–water partition coefficient (Wildman–Crippen LogP) is 1.89. The van der Waals surface area contributed by atoms with Gasteiger partial charge in [-0.15, -0.1) is 0 Å². The van der Waals surface area contributed by atoms with Crippen LogP contribution in [0, 0.1) is 9.39 Å². The van der Waals surface area contributed by atoms with Gasteiger partial charge in [0.1, 0.15) is 5.82 Å². The van der Waals surface area contributed by atoms with E-state index in [1.165, 1.54) is 0 Å². The average molecular weight is 298 g/mol. The number of carboxylic acid groups (broad SMARTS) is 1. The number of benzene rings is 1. The van der Waals surface area contributed by atoms with Crippen molar-refractivity contribution in [3.63, 3.8) is 0 Å². The zero-order valence-corrected chi connectivity index (χ0v) is 8.32. The molecule has 0 saturated heterocycles. The van der Waals surface area contributed by atoms with E-state index in [0.29, 0.717) is 6.07 Å². The molecule has 0 amide bonds. The topological polar surface area (TPSA) is 71.4 Å². The molecule has 0 aliphatic rings. The van der Waals surface area contributed by atoms with Gasteiger partial charge < -0.3 is 5.11 Å². The molecular weight excluding hydrogens is 294 g/mol. The van der Waals surface area contributed by atoms with Gasteiger partial charge in [-0.25, -0.2) is 15.3 Å². The van der Waals surface area contributed by atoms with E-state index in [1.807, 2.05) is 0 Å². The lowest BCUT2D eigenvalue weighted by atomic mass is 10.2. The zero-order chi connectivity index (χ0) is 10.0. The average Bonchev–Trinajstić information content (AvgIpc) is 2.03. The van der Waals surface area contributed by atoms with Crippen LogP contribution < -0.4 is 0 Å². The van der Waals surface area contributed by atoms with E-state index in [4.69, 9.17) is 5.11 Å². The second-order valence-corrected chi connectivity index (χ2v) is 4.55. The summed E-state index contributed by atoms with van der Waals surface area (Å²) < 4.78 is 33.4. The summed E-state index contributed by atoms with van der Waals surface area (Å²) in [6, 6.07) is 2.57. The Labute approximate surface area is 79.5 Å². The Morgan fingerprint density at radius 2 is 2.00 bits per heavy atom. The van der Waals surface area contributed by atoms with E-state index >= 15 is 0 Å². The van der Waals surface area contributed by atoms with E-state index in [0.717, 1.165) is 12.1 Å². The van der Waals surface area contributed by atoms with Gasteiger partial charge in [0, 0.05) is 0 Å². The van der Waals surface area contributed by atoms with Gasteiger partial charge in [0.2, 0.25) is 0 Å². The smallest absolute Gasteiger partial charge is 0.341 e. The summed E-state index contributed by atoms with van der Waals surface area (Å²) in [5.74, 6) is -2.21. The van der Waals surface area contributed by atoms with E-state index in [2.05, 4.69) is 0 Å². The van der Waals surface area contributed by atoms with Crippen molar-refractivity contribution < 1.29 is 20.4 Å². The van der Waals surface area contributed by atoms with Crippen LogP contribution in [-0.2, 0) is 6.14 Å². The van der Waals surface area contributed by atoms with Gasteiger partial charge in [0.15, 0.2) is 0 Å². The number of aromatic carboxylic acids is 1. The first-order chi connectivity index (χ1) is 6.02. The highest BCUT2D eigenvalue weighted by Crippen LogP contribution is 2.22. The van der Waals surface area contributed by atoms with Crippen LogP contribution in [-0.4, -0.2) is 11.1 Å². The SMILES string of the molecule is O=C(O)c1cc(F)ccc1I(=O)=O. The molecule has 13 heavy (non-hydrogen) atoms. The maximum atomic E-state index is 12.5. The highest BCUT2D eigenvalue weighted by atomic mass is 127. The summed E-state index contributed by atoms with van der Waals surface area (Å²) in [7, 11) is 0. The molecule has 0 unspecified atom stereocenters. The predicted molar refractivity (Wildman–Crippen MR) is 47.4 cm³/mol. The third-order valence-corrected chi connectivity index (χ3v) is 3.21. The molecule has 0 aromatic heterocycles. The Morgan fingerprint density at radius 3 is 2.46 bits per heavy atom. The zero-order valence-electron chi connectivity index (χ0n) is 6.16. The number of hydrogen-bond acceptors (Lipinski definition) is 3. The first-order valence-electron chi connectivity index (χ1n) is 3.10. The molecule has 0 radical (unpaired) electrons. The highest BCUT2D eigenvalue weighted by Gasteiger charge is 2.14. The summed E-state index contributed by atoms with van der Waals surface area (Å²) >= 11 is -3.86. The fraction of sp³-hybridized carbons (Fsp3) is 0. The van der Waals surface area contributed by atoms with Crippen LogP contribution >= 0.6 is 19.8 Å². The van der Waals surface area contributed by atoms with Gasteiger partial charge in [-0.05, 0) is 18.2 Å². The van der Waals surface area contributed by atoms with Gasteiger partial charge in [0.05, 0.1) is 9.13 Å². The molecule has 0 aliphatic heterocycles. The summed E-state index contributed by atoms with van der Waals surface area (Å²) in [5.41, 5.74) is -0.504. The van der Waals surface area contributed by atoms with Crippen molar-refractivity contribution >= 4 is 25.8 Å². The first kappa shape index (κ1) is 10.0. The van der Waals surface area contributed by atoms with Crippen LogP contribution in [0.5, 0.6) is 0 Å². The third kappa shape index (κ3) is 2.20. The molecule has 4 nitrogen and oxygen atoms in total. The number of hydrogen-bond donors (Lipinski definition) is 1. The lowest BCUT2D eigenvalue weighted by Gasteiger charge is -1.96. The lowest BCUT2D eigenvalue weighted by molar-refractivity contribution is 0.0695. The van der Waals surface area contributed by atoms with Crippen molar-refractivity contribution in [3.05, 3.63) is 33.1 Å². The fourth-order valence-electron chi connectivity index (χ4n) is 0.796. The molecule has 0 aliphatic carbocycles. The molecule has 0 spiro atoms. The number of halogens is 2. The van der Waals surface area contributed by atoms with Gasteiger partial charge in [0.25, 0.3) is 0 Å². The van der Waals surface area contributed by atoms with Gasteiger partial charge in [-0.1, -0.05) is 0 Å². The molecule has 0 saturated carbocycles. The monoisotopic (exact) mass is 298 g/mol. The number of rotatable bonds is 2. The van der Waals surface area contributed by atoms with E-state index in [9.17, 15) is 15.3 Å². The molecule has 0 fully saturated rings. The number of carboxylic acids is 1. The largest absolute Gasteiger partial charge is 0.478 e. The van der Waals surface area contributed by atoms with Crippen LogP contribution in [0.3, 0.4) is 0 Å². The Morgan fingerprint density at radius 1 is 1.38 bits per heavy atom. The van der Waals surface area contributed by atoms with Crippen molar-refractivity contribution in [2.75, 3.05) is 0 Å². The van der Waals surface area contributed by atoms with Gasteiger partial charge in [-0.2, -0.15) is 0 Å². The van der Waals surface area contributed by atoms with Crippen molar-refractivity contribution in [1.29, 1.82) is 0 Å². The molecule has 0 atom stereocenters. The summed E-state index contributed by atoms with van der Waals surface area (Å²) in [4.78, 5) is 10.5. The minimum Gasteiger partial charge on any atom is -0.478 e. The van der Waals surface area contributed by atoms with Crippen molar-refractivity contribution in [1.82, 2.24) is 0 Å². The maximum Gasteiger partial charge on any atom is 0.341 e. The summed E-state index contributed by atoms with van der Waals surface area (Å²) in [5, 5.41) is 8.52. The standard InChI is InChI=1S/C7H4FIO4/c8-4-1-2-6(9(12)13)5(3-4)7(10)11/h1-3H,(H,10,11). The van der Waals surface area contributed by atoms with Crippen LogP contribution in [0.25, 0.3) is 0 Å². The molecular formula is C7H4FIO4. The first-order valence-corrected chi connectivity index (χ1v) is 5.94. The highest BCUT2D eigenvalue weighted by molar-refractivity contribution is 14.2. The minimum atomic E-state index is -3.86. The Kier molecular flexibility index (Phi) is 2.91. The van der Waals surface area contributed by atoms with E-state index in [-0.39, 0.29) is 3.57 Å². The van der Waals surface area contributed by atoms with Crippen molar-refractivity contribution in [2.24, 2.45) is 0 Å². The van der Waals surface area contributed by atoms with Crippen LogP contribution in [0.15, 0.2) is 18.2 Å². The second kappa shape index (κ2) is 3.77. The molecule has 0 heterocycles. The Bertz CT molecular complexity index is 417. The molecule has 1 N–H and O–H groups in total. The van der Waals surface area contributed by atoms with Crippen LogP contribution in [0.1, 0.15) is 10.4 Å². The molecule has 1 aromatic carbocycles. The molecule has 1 aromatic rings. The fourth-order valence-corrected chi connectivity index (χ4v) is 2.13. The number of carbonyl (C=O) groups is 1.